The Morgan fingerprint density at radius 2 is 1.67 bits per heavy atom. The van der Waals surface area contributed by atoms with Crippen LogP contribution in [0.3, 0.4) is 0 Å². The Morgan fingerprint density at radius 1 is 1.00 bits per heavy atom. The van der Waals surface area contributed by atoms with Crippen molar-refractivity contribution in [2.75, 3.05) is 26.1 Å². The molecule has 0 aliphatic carbocycles. The summed E-state index contributed by atoms with van der Waals surface area (Å²) in [5.74, 6) is 2.37. The summed E-state index contributed by atoms with van der Waals surface area (Å²) >= 11 is 0. The molecule has 0 atom stereocenters. The van der Waals surface area contributed by atoms with Crippen LogP contribution >= 0.6 is 0 Å². The summed E-state index contributed by atoms with van der Waals surface area (Å²) in [6.45, 7) is 4.97. The SMILES string of the molecule is CCNc1ncnc(-c2cc(OC)cc(OC)c2)c1CC. The number of hydrogen-bond acceptors (Lipinski definition) is 5. The number of ether oxygens (including phenoxy) is 2. The summed E-state index contributed by atoms with van der Waals surface area (Å²) in [4.78, 5) is 8.78. The maximum Gasteiger partial charge on any atom is 0.133 e. The van der Waals surface area contributed by atoms with Crippen LogP contribution < -0.4 is 14.8 Å². The summed E-state index contributed by atoms with van der Waals surface area (Å²) in [6, 6.07) is 5.76. The topological polar surface area (TPSA) is 56.3 Å². The standard InChI is InChI=1S/C16H21N3O2/c1-5-14-15(18-10-19-16(14)17-6-2)11-7-12(20-3)9-13(8-11)21-4/h7-10H,5-6H2,1-4H3,(H,17,18,19). The molecule has 0 spiro atoms. The van der Waals surface area contributed by atoms with Gasteiger partial charge in [0.05, 0.1) is 19.9 Å². The molecule has 0 unspecified atom stereocenters. The Kier molecular flexibility index (Phi) is 4.98. The molecule has 21 heavy (non-hydrogen) atoms. The van der Waals surface area contributed by atoms with E-state index < -0.39 is 0 Å². The van der Waals surface area contributed by atoms with Gasteiger partial charge in [-0.3, -0.25) is 0 Å². The molecular weight excluding hydrogens is 266 g/mol. The number of hydrogen-bond donors (Lipinski definition) is 1. The van der Waals surface area contributed by atoms with Crippen molar-refractivity contribution in [3.05, 3.63) is 30.1 Å². The maximum atomic E-state index is 5.33. The van der Waals surface area contributed by atoms with Crippen LogP contribution in [0.15, 0.2) is 24.5 Å². The minimum atomic E-state index is 0.745. The van der Waals surface area contributed by atoms with Gasteiger partial charge in [-0.25, -0.2) is 9.97 Å². The van der Waals surface area contributed by atoms with Gasteiger partial charge in [-0.1, -0.05) is 6.92 Å². The minimum absolute atomic E-state index is 0.745. The molecule has 1 heterocycles. The lowest BCUT2D eigenvalue weighted by Gasteiger charge is -2.14. The predicted molar refractivity (Wildman–Crippen MR) is 84.1 cm³/mol. The fourth-order valence-electron chi connectivity index (χ4n) is 2.26. The summed E-state index contributed by atoms with van der Waals surface area (Å²) in [5, 5.41) is 3.28. The van der Waals surface area contributed by atoms with Crippen LogP contribution in [0.5, 0.6) is 11.5 Å². The zero-order valence-corrected chi connectivity index (χ0v) is 12.9. The lowest BCUT2D eigenvalue weighted by atomic mass is 10.0. The zero-order chi connectivity index (χ0) is 15.2. The van der Waals surface area contributed by atoms with Crippen LogP contribution in [0.25, 0.3) is 11.3 Å². The number of benzene rings is 1. The predicted octanol–water partition coefficient (Wildman–Crippen LogP) is 3.16. The highest BCUT2D eigenvalue weighted by Gasteiger charge is 2.13. The first-order valence-electron chi connectivity index (χ1n) is 7.04. The minimum Gasteiger partial charge on any atom is -0.497 e. The molecule has 5 heteroatoms. The normalized spacial score (nSPS) is 10.3. The largest absolute Gasteiger partial charge is 0.497 e. The molecule has 2 rings (SSSR count). The van der Waals surface area contributed by atoms with E-state index in [4.69, 9.17) is 9.47 Å². The molecular formula is C16H21N3O2. The Hall–Kier alpha value is -2.30. The van der Waals surface area contributed by atoms with Gasteiger partial charge in [0.2, 0.25) is 0 Å². The molecule has 2 aromatic rings. The third kappa shape index (κ3) is 3.24. The van der Waals surface area contributed by atoms with Gasteiger partial charge in [0.15, 0.2) is 0 Å². The van der Waals surface area contributed by atoms with Gasteiger partial charge in [-0.05, 0) is 25.5 Å². The number of methoxy groups -OCH3 is 2. The van der Waals surface area contributed by atoms with Gasteiger partial charge in [0.25, 0.3) is 0 Å². The second-order valence-corrected chi connectivity index (χ2v) is 4.53. The first-order valence-corrected chi connectivity index (χ1v) is 7.04. The molecule has 0 saturated heterocycles. The lowest BCUT2D eigenvalue weighted by Crippen LogP contribution is -2.06. The monoisotopic (exact) mass is 287 g/mol. The molecule has 0 amide bonds. The van der Waals surface area contributed by atoms with Crippen LogP contribution in [-0.2, 0) is 6.42 Å². The molecule has 1 aromatic heterocycles. The van der Waals surface area contributed by atoms with Crippen molar-refractivity contribution in [1.29, 1.82) is 0 Å². The summed E-state index contributed by atoms with van der Waals surface area (Å²) in [6.07, 6.45) is 2.43. The second-order valence-electron chi connectivity index (χ2n) is 4.53. The van der Waals surface area contributed by atoms with Gasteiger partial charge in [-0.15, -0.1) is 0 Å². The summed E-state index contributed by atoms with van der Waals surface area (Å²) < 4.78 is 10.7. The van der Waals surface area contributed by atoms with Crippen molar-refractivity contribution in [1.82, 2.24) is 9.97 Å². The first kappa shape index (κ1) is 15.1. The molecule has 0 aliphatic rings. The Labute approximate surface area is 125 Å². The van der Waals surface area contributed by atoms with Gasteiger partial charge in [0, 0.05) is 23.7 Å². The molecule has 0 saturated carbocycles. The lowest BCUT2D eigenvalue weighted by molar-refractivity contribution is 0.394. The van der Waals surface area contributed by atoms with E-state index in [9.17, 15) is 0 Å². The van der Waals surface area contributed by atoms with Crippen molar-refractivity contribution in [2.45, 2.75) is 20.3 Å². The van der Waals surface area contributed by atoms with E-state index in [1.54, 1.807) is 20.5 Å². The molecule has 0 fully saturated rings. The fraction of sp³-hybridized carbons (Fsp3) is 0.375. The van der Waals surface area contributed by atoms with Crippen molar-refractivity contribution in [3.8, 4) is 22.8 Å². The van der Waals surface area contributed by atoms with E-state index in [0.29, 0.717) is 0 Å². The van der Waals surface area contributed by atoms with Crippen molar-refractivity contribution in [2.24, 2.45) is 0 Å². The van der Waals surface area contributed by atoms with Crippen LogP contribution in [0.4, 0.5) is 5.82 Å². The van der Waals surface area contributed by atoms with E-state index in [2.05, 4.69) is 29.1 Å². The molecule has 112 valence electrons. The van der Waals surface area contributed by atoms with E-state index in [1.165, 1.54) is 0 Å². The van der Waals surface area contributed by atoms with Gasteiger partial charge in [0.1, 0.15) is 23.6 Å². The van der Waals surface area contributed by atoms with E-state index in [-0.39, 0.29) is 0 Å². The van der Waals surface area contributed by atoms with Crippen LogP contribution in [0.1, 0.15) is 19.4 Å². The number of rotatable bonds is 6. The molecule has 5 nitrogen and oxygen atoms in total. The number of nitrogens with zero attached hydrogens (tertiary/aromatic N) is 2. The molecule has 1 aromatic carbocycles. The van der Waals surface area contributed by atoms with Crippen molar-refractivity contribution in [3.63, 3.8) is 0 Å². The molecule has 1 N–H and O–H groups in total. The Morgan fingerprint density at radius 3 is 2.19 bits per heavy atom. The average molecular weight is 287 g/mol. The first-order chi connectivity index (χ1) is 10.2. The van der Waals surface area contributed by atoms with Crippen molar-refractivity contribution >= 4 is 5.82 Å². The Bertz CT molecular complexity index is 592. The number of anilines is 1. The highest BCUT2D eigenvalue weighted by atomic mass is 16.5. The summed E-state index contributed by atoms with van der Waals surface area (Å²) in [5.41, 5.74) is 2.96. The summed E-state index contributed by atoms with van der Waals surface area (Å²) in [7, 11) is 3.28. The smallest absolute Gasteiger partial charge is 0.133 e. The third-order valence-corrected chi connectivity index (χ3v) is 3.27. The van der Waals surface area contributed by atoms with Gasteiger partial charge >= 0.3 is 0 Å². The third-order valence-electron chi connectivity index (χ3n) is 3.27. The van der Waals surface area contributed by atoms with Crippen LogP contribution in [-0.4, -0.2) is 30.7 Å². The maximum absolute atomic E-state index is 5.33. The highest BCUT2D eigenvalue weighted by molar-refractivity contribution is 5.71. The average Bonchev–Trinajstić information content (AvgIpc) is 2.54. The fourth-order valence-corrected chi connectivity index (χ4v) is 2.26. The second kappa shape index (κ2) is 6.92. The molecule has 0 bridgehead atoms. The zero-order valence-electron chi connectivity index (χ0n) is 12.9. The van der Waals surface area contributed by atoms with Gasteiger partial charge < -0.3 is 14.8 Å². The highest BCUT2D eigenvalue weighted by Crippen LogP contribution is 2.32. The van der Waals surface area contributed by atoms with E-state index >= 15 is 0 Å². The van der Waals surface area contributed by atoms with Crippen molar-refractivity contribution < 1.29 is 9.47 Å². The quantitative estimate of drug-likeness (QED) is 0.884. The van der Waals surface area contributed by atoms with E-state index in [1.807, 2.05) is 18.2 Å². The van der Waals surface area contributed by atoms with Gasteiger partial charge in [-0.2, -0.15) is 0 Å². The van der Waals surface area contributed by atoms with Crippen LogP contribution in [0.2, 0.25) is 0 Å². The number of nitrogens with one attached hydrogen (secondary N) is 1. The molecule has 0 aliphatic heterocycles. The number of aromatic nitrogens is 2. The van der Waals surface area contributed by atoms with E-state index in [0.717, 1.165) is 47.1 Å². The Balaban J connectivity index is 2.57. The van der Waals surface area contributed by atoms with Crippen LogP contribution in [0, 0.1) is 0 Å². The molecule has 0 radical (unpaired) electrons.